The number of aromatic hydroxyl groups is 1. The molecular formula is C28H31NO5. The van der Waals surface area contributed by atoms with Gasteiger partial charge in [-0.3, -0.25) is 5.32 Å². The maximum absolute atomic E-state index is 13.0. The topological polar surface area (TPSA) is 88.8 Å². The first-order valence-electron chi connectivity index (χ1n) is 12.0. The highest BCUT2D eigenvalue weighted by Gasteiger charge is 2.26. The van der Waals surface area contributed by atoms with Crippen LogP contribution in [0.25, 0.3) is 0 Å². The van der Waals surface area contributed by atoms with Crippen molar-refractivity contribution in [2.45, 2.75) is 64.4 Å². The van der Waals surface area contributed by atoms with Gasteiger partial charge in [0.05, 0.1) is 5.56 Å². The first-order valence-corrected chi connectivity index (χ1v) is 12.0. The van der Waals surface area contributed by atoms with E-state index in [-0.39, 0.29) is 18.3 Å². The van der Waals surface area contributed by atoms with Gasteiger partial charge in [-0.1, -0.05) is 62.2 Å². The van der Waals surface area contributed by atoms with Gasteiger partial charge in [-0.05, 0) is 48.9 Å². The zero-order valence-electron chi connectivity index (χ0n) is 19.5. The van der Waals surface area contributed by atoms with E-state index in [1.165, 1.54) is 0 Å². The van der Waals surface area contributed by atoms with Gasteiger partial charge in [0.25, 0.3) is 0 Å². The van der Waals surface area contributed by atoms with Gasteiger partial charge < -0.3 is 14.3 Å². The van der Waals surface area contributed by atoms with Crippen molar-refractivity contribution in [1.82, 2.24) is 0 Å². The molecule has 0 saturated heterocycles. The Bertz CT molecular complexity index is 1190. The van der Waals surface area contributed by atoms with Crippen molar-refractivity contribution in [3.8, 4) is 5.75 Å². The molecule has 1 heterocycles. The number of hydrogen-bond donors (Lipinski definition) is 2. The van der Waals surface area contributed by atoms with E-state index in [1.807, 2.05) is 55.5 Å². The zero-order valence-corrected chi connectivity index (χ0v) is 19.5. The Morgan fingerprint density at radius 1 is 1.06 bits per heavy atom. The second-order valence-electron chi connectivity index (χ2n) is 8.74. The van der Waals surface area contributed by atoms with Crippen molar-refractivity contribution in [3.05, 3.63) is 93.0 Å². The maximum atomic E-state index is 13.0. The minimum atomic E-state index is -0.558. The smallest absolute Gasteiger partial charge is 0.411 e. The highest BCUT2D eigenvalue weighted by atomic mass is 16.5. The van der Waals surface area contributed by atoms with Crippen molar-refractivity contribution in [3.63, 3.8) is 0 Å². The summed E-state index contributed by atoms with van der Waals surface area (Å²) in [7, 11) is 0. The van der Waals surface area contributed by atoms with Crippen LogP contribution in [0.4, 0.5) is 10.5 Å². The lowest BCUT2D eigenvalue weighted by Crippen LogP contribution is -2.18. The summed E-state index contributed by atoms with van der Waals surface area (Å²) in [5, 5.41) is 13.9. The van der Waals surface area contributed by atoms with Crippen LogP contribution in [0, 0.1) is 0 Å². The van der Waals surface area contributed by atoms with E-state index < -0.39 is 11.7 Å². The van der Waals surface area contributed by atoms with Crippen LogP contribution < -0.4 is 10.9 Å². The monoisotopic (exact) mass is 461 g/mol. The van der Waals surface area contributed by atoms with Crippen LogP contribution in [0.2, 0.25) is 0 Å². The molecule has 1 aliphatic rings. The molecule has 2 N–H and O–H groups in total. The summed E-state index contributed by atoms with van der Waals surface area (Å²) in [6, 6.07) is 16.8. The van der Waals surface area contributed by atoms with Gasteiger partial charge >= 0.3 is 11.7 Å². The highest BCUT2D eigenvalue weighted by Crippen LogP contribution is 2.37. The predicted molar refractivity (Wildman–Crippen MR) is 131 cm³/mol. The number of hydrogen-bond acceptors (Lipinski definition) is 5. The van der Waals surface area contributed by atoms with E-state index in [2.05, 4.69) is 5.32 Å². The third-order valence-electron chi connectivity index (χ3n) is 6.40. The molecular weight excluding hydrogens is 430 g/mol. The van der Waals surface area contributed by atoms with Crippen molar-refractivity contribution in [2.75, 3.05) is 5.32 Å². The number of amides is 1. The van der Waals surface area contributed by atoms with Crippen LogP contribution in [0.5, 0.6) is 5.75 Å². The summed E-state index contributed by atoms with van der Waals surface area (Å²) in [5.74, 6) is 0.340. The summed E-state index contributed by atoms with van der Waals surface area (Å²) in [6.45, 7) is 2.14. The van der Waals surface area contributed by atoms with Crippen LogP contribution in [0.3, 0.4) is 0 Å². The lowest BCUT2D eigenvalue weighted by atomic mass is 9.87. The largest absolute Gasteiger partial charge is 0.507 e. The fraction of sp³-hybridized carbons (Fsp3) is 0.357. The molecule has 0 saturated carbocycles. The average molecular weight is 462 g/mol. The van der Waals surface area contributed by atoms with Gasteiger partial charge in [0.15, 0.2) is 0 Å². The van der Waals surface area contributed by atoms with E-state index in [1.54, 1.807) is 6.07 Å². The Balaban J connectivity index is 1.55. The number of carbonyl (C=O) groups excluding carboxylic acids is 1. The summed E-state index contributed by atoms with van der Waals surface area (Å²) >= 11 is 0. The molecule has 1 unspecified atom stereocenters. The van der Waals surface area contributed by atoms with Crippen molar-refractivity contribution in [1.29, 1.82) is 0 Å². The molecule has 6 nitrogen and oxygen atoms in total. The number of anilines is 1. The Kier molecular flexibility index (Phi) is 7.68. The molecule has 3 aromatic rings. The number of carbonyl (C=O) groups is 1. The van der Waals surface area contributed by atoms with Gasteiger partial charge in [0, 0.05) is 23.6 Å². The second-order valence-corrected chi connectivity index (χ2v) is 8.74. The Morgan fingerprint density at radius 3 is 2.59 bits per heavy atom. The summed E-state index contributed by atoms with van der Waals surface area (Å²) < 4.78 is 11.0. The Hall–Kier alpha value is -3.54. The minimum Gasteiger partial charge on any atom is -0.507 e. The van der Waals surface area contributed by atoms with Crippen LogP contribution >= 0.6 is 0 Å². The van der Waals surface area contributed by atoms with Crippen LogP contribution in [-0.4, -0.2) is 11.2 Å². The molecule has 1 aromatic heterocycles. The number of fused-ring (bicyclic) bond motifs is 1. The van der Waals surface area contributed by atoms with E-state index in [0.717, 1.165) is 42.4 Å². The average Bonchev–Trinajstić information content (AvgIpc) is 2.82. The number of rotatable bonds is 6. The summed E-state index contributed by atoms with van der Waals surface area (Å²) in [6.07, 6.45) is 5.57. The maximum Gasteiger partial charge on any atom is 0.411 e. The first-order chi connectivity index (χ1) is 16.6. The minimum absolute atomic E-state index is 0.0700. The lowest BCUT2D eigenvalue weighted by molar-refractivity contribution is 0.155. The molecule has 1 aliphatic carbocycles. The highest BCUT2D eigenvalue weighted by molar-refractivity contribution is 5.84. The van der Waals surface area contributed by atoms with Gasteiger partial charge in [-0.25, -0.2) is 9.59 Å². The third kappa shape index (κ3) is 5.50. The molecule has 4 rings (SSSR count). The normalized spacial score (nSPS) is 14.4. The molecule has 34 heavy (non-hydrogen) atoms. The molecule has 0 fully saturated rings. The SMILES string of the molecule is CCC(c1cccc(NC(=O)OCc2ccccc2)c1)c1c(O)c2c(oc1=O)CCCCCC2. The molecule has 0 spiro atoms. The van der Waals surface area contributed by atoms with E-state index in [9.17, 15) is 14.7 Å². The molecule has 1 amide bonds. The Morgan fingerprint density at radius 2 is 1.82 bits per heavy atom. The van der Waals surface area contributed by atoms with Gasteiger partial charge in [0.1, 0.15) is 18.1 Å². The number of aryl methyl sites for hydroxylation is 1. The van der Waals surface area contributed by atoms with Crippen LogP contribution in [0.15, 0.2) is 63.8 Å². The molecule has 0 radical (unpaired) electrons. The zero-order chi connectivity index (χ0) is 23.9. The van der Waals surface area contributed by atoms with E-state index in [4.69, 9.17) is 9.15 Å². The molecule has 1 atom stereocenters. The van der Waals surface area contributed by atoms with Gasteiger partial charge in [-0.15, -0.1) is 0 Å². The summed E-state index contributed by atoms with van der Waals surface area (Å²) in [5.41, 5.74) is 2.86. The van der Waals surface area contributed by atoms with Crippen molar-refractivity contribution >= 4 is 11.8 Å². The predicted octanol–water partition coefficient (Wildman–Crippen LogP) is 6.30. The lowest BCUT2D eigenvalue weighted by Gasteiger charge is -2.21. The number of nitrogens with one attached hydrogen (secondary N) is 1. The fourth-order valence-corrected chi connectivity index (χ4v) is 4.64. The second kappa shape index (κ2) is 11.1. The molecule has 178 valence electrons. The quantitative estimate of drug-likeness (QED) is 0.450. The molecule has 6 heteroatoms. The number of benzene rings is 2. The van der Waals surface area contributed by atoms with Crippen molar-refractivity contribution < 1.29 is 19.1 Å². The van der Waals surface area contributed by atoms with Crippen LogP contribution in [0.1, 0.15) is 73.0 Å². The fourth-order valence-electron chi connectivity index (χ4n) is 4.64. The molecule has 0 bridgehead atoms. The summed E-state index contributed by atoms with van der Waals surface area (Å²) in [4.78, 5) is 25.2. The Labute approximate surface area is 199 Å². The number of ether oxygens (including phenoxy) is 1. The van der Waals surface area contributed by atoms with Crippen molar-refractivity contribution in [2.24, 2.45) is 0 Å². The van der Waals surface area contributed by atoms with E-state index in [0.29, 0.717) is 36.3 Å². The molecule has 2 aromatic carbocycles. The standard InChI is InChI=1S/C28H31NO5/c1-2-22(25-26(30)23-15-8-3-4-9-16-24(23)34-27(25)31)20-13-10-14-21(17-20)29-28(32)33-18-19-11-6-5-7-12-19/h5-7,10-14,17,22,30H,2-4,8-9,15-16,18H2,1H3,(H,29,32). The third-order valence-corrected chi connectivity index (χ3v) is 6.40. The van der Waals surface area contributed by atoms with Gasteiger partial charge in [0.2, 0.25) is 0 Å². The molecule has 0 aliphatic heterocycles. The van der Waals surface area contributed by atoms with Crippen LogP contribution in [-0.2, 0) is 24.2 Å². The first kappa shape index (κ1) is 23.6. The van der Waals surface area contributed by atoms with Gasteiger partial charge in [-0.2, -0.15) is 0 Å². The van der Waals surface area contributed by atoms with E-state index >= 15 is 0 Å².